The Morgan fingerprint density at radius 2 is 2.06 bits per heavy atom. The lowest BCUT2D eigenvalue weighted by Gasteiger charge is -2.12. The number of hydrogen-bond acceptors (Lipinski definition) is 1. The van der Waals surface area contributed by atoms with Crippen molar-refractivity contribution in [1.29, 1.82) is 0 Å². The first-order valence-electron chi connectivity index (χ1n) is 7.07. The SMILES string of the molecule is CC(C)CCCC(C)CC1=CC(=CC(=O)Cl)CC1. The number of halogens is 1. The summed E-state index contributed by atoms with van der Waals surface area (Å²) in [5.41, 5.74) is 2.58. The van der Waals surface area contributed by atoms with Crippen LogP contribution in [0.1, 0.15) is 59.3 Å². The van der Waals surface area contributed by atoms with Crippen LogP contribution in [0.4, 0.5) is 0 Å². The Balaban J connectivity index is 2.32. The van der Waals surface area contributed by atoms with Gasteiger partial charge in [0, 0.05) is 6.08 Å². The van der Waals surface area contributed by atoms with Gasteiger partial charge >= 0.3 is 0 Å². The van der Waals surface area contributed by atoms with E-state index in [-0.39, 0.29) is 5.24 Å². The average Bonchev–Trinajstić information content (AvgIpc) is 2.63. The molecular weight excluding hydrogens is 244 g/mol. The van der Waals surface area contributed by atoms with Crippen LogP contribution in [0.3, 0.4) is 0 Å². The molecule has 0 saturated heterocycles. The first-order valence-corrected chi connectivity index (χ1v) is 7.44. The highest BCUT2D eigenvalue weighted by molar-refractivity contribution is 6.66. The second-order valence-electron chi connectivity index (χ2n) is 5.96. The molecule has 0 aromatic carbocycles. The van der Waals surface area contributed by atoms with Gasteiger partial charge in [-0.25, -0.2) is 0 Å². The molecule has 1 atom stereocenters. The molecule has 1 aliphatic carbocycles. The summed E-state index contributed by atoms with van der Waals surface area (Å²) >= 11 is 5.36. The number of allylic oxidation sites excluding steroid dienone is 4. The molecule has 0 radical (unpaired) electrons. The highest BCUT2D eigenvalue weighted by atomic mass is 35.5. The van der Waals surface area contributed by atoms with Gasteiger partial charge in [0.15, 0.2) is 0 Å². The van der Waals surface area contributed by atoms with Crippen LogP contribution in [-0.4, -0.2) is 5.24 Å². The fourth-order valence-corrected chi connectivity index (χ4v) is 2.70. The maximum Gasteiger partial charge on any atom is 0.245 e. The molecular formula is C16H25ClO. The van der Waals surface area contributed by atoms with Crippen molar-refractivity contribution in [3.63, 3.8) is 0 Å². The molecule has 2 heteroatoms. The lowest BCUT2D eigenvalue weighted by molar-refractivity contribution is -0.107. The zero-order chi connectivity index (χ0) is 13.5. The molecule has 1 unspecified atom stereocenters. The molecule has 0 bridgehead atoms. The van der Waals surface area contributed by atoms with Crippen LogP contribution in [0.2, 0.25) is 0 Å². The Hall–Kier alpha value is -0.560. The first kappa shape index (κ1) is 15.5. The number of rotatable bonds is 7. The summed E-state index contributed by atoms with van der Waals surface area (Å²) in [5.74, 6) is 1.56. The predicted octanol–water partition coefficient (Wildman–Crippen LogP) is 5.25. The third-order valence-electron chi connectivity index (χ3n) is 3.51. The van der Waals surface area contributed by atoms with Gasteiger partial charge in [0.2, 0.25) is 5.24 Å². The lowest BCUT2D eigenvalue weighted by atomic mass is 9.94. The van der Waals surface area contributed by atoms with Gasteiger partial charge in [0.1, 0.15) is 0 Å². The lowest BCUT2D eigenvalue weighted by Crippen LogP contribution is -1.97. The number of hydrogen-bond donors (Lipinski definition) is 0. The third kappa shape index (κ3) is 6.39. The summed E-state index contributed by atoms with van der Waals surface area (Å²) in [7, 11) is 0. The summed E-state index contributed by atoms with van der Waals surface area (Å²) in [4.78, 5) is 10.8. The van der Waals surface area contributed by atoms with Crippen LogP contribution < -0.4 is 0 Å². The normalized spacial score (nSPS) is 19.4. The minimum absolute atomic E-state index is 0.354. The van der Waals surface area contributed by atoms with Crippen LogP contribution in [0.5, 0.6) is 0 Å². The van der Waals surface area contributed by atoms with Gasteiger partial charge in [0.05, 0.1) is 0 Å². The van der Waals surface area contributed by atoms with Crippen molar-refractivity contribution in [2.45, 2.75) is 59.3 Å². The molecule has 0 aromatic rings. The van der Waals surface area contributed by atoms with E-state index < -0.39 is 0 Å². The van der Waals surface area contributed by atoms with E-state index >= 15 is 0 Å². The summed E-state index contributed by atoms with van der Waals surface area (Å²) < 4.78 is 0. The molecule has 0 heterocycles. The molecule has 0 aliphatic heterocycles. The van der Waals surface area contributed by atoms with E-state index in [1.807, 2.05) is 0 Å². The molecule has 0 aromatic heterocycles. The molecule has 0 amide bonds. The Bertz CT molecular complexity index is 339. The fourth-order valence-electron chi connectivity index (χ4n) is 2.56. The van der Waals surface area contributed by atoms with E-state index in [1.165, 1.54) is 31.3 Å². The minimum atomic E-state index is -0.354. The highest BCUT2D eigenvalue weighted by Crippen LogP contribution is 2.30. The van der Waals surface area contributed by atoms with E-state index in [1.54, 1.807) is 6.08 Å². The Morgan fingerprint density at radius 1 is 1.33 bits per heavy atom. The summed E-state index contributed by atoms with van der Waals surface area (Å²) in [6, 6.07) is 0. The number of carbonyl (C=O) groups excluding carboxylic acids is 1. The van der Waals surface area contributed by atoms with Gasteiger partial charge in [-0.3, -0.25) is 4.79 Å². The monoisotopic (exact) mass is 268 g/mol. The molecule has 0 N–H and O–H groups in total. The molecule has 1 nitrogen and oxygen atoms in total. The molecule has 0 spiro atoms. The van der Waals surface area contributed by atoms with Crippen LogP contribution in [-0.2, 0) is 4.79 Å². The molecule has 0 fully saturated rings. The van der Waals surface area contributed by atoms with Crippen LogP contribution in [0, 0.1) is 11.8 Å². The van der Waals surface area contributed by atoms with Gasteiger partial charge in [-0.15, -0.1) is 0 Å². The van der Waals surface area contributed by atoms with Crippen molar-refractivity contribution in [3.8, 4) is 0 Å². The van der Waals surface area contributed by atoms with Gasteiger partial charge in [-0.1, -0.05) is 51.7 Å². The quantitative estimate of drug-likeness (QED) is 0.455. The molecule has 102 valence electrons. The standard InChI is InChI=1S/C16H25ClO/c1-12(2)5-4-6-13(3)9-14-7-8-15(10-14)11-16(17)18/h10-13H,4-9H2,1-3H3. The smallest absolute Gasteiger partial charge is 0.245 e. The van der Waals surface area contributed by atoms with Gasteiger partial charge in [-0.2, -0.15) is 0 Å². The van der Waals surface area contributed by atoms with Crippen LogP contribution in [0.25, 0.3) is 0 Å². The topological polar surface area (TPSA) is 17.1 Å². The van der Waals surface area contributed by atoms with Crippen molar-refractivity contribution >= 4 is 16.8 Å². The molecule has 0 saturated carbocycles. The largest absolute Gasteiger partial charge is 0.276 e. The summed E-state index contributed by atoms with van der Waals surface area (Å²) in [6.45, 7) is 6.89. The highest BCUT2D eigenvalue weighted by Gasteiger charge is 2.13. The third-order valence-corrected chi connectivity index (χ3v) is 3.62. The van der Waals surface area contributed by atoms with Gasteiger partial charge < -0.3 is 0 Å². The summed E-state index contributed by atoms with van der Waals surface area (Å²) in [5, 5.41) is -0.354. The molecule has 18 heavy (non-hydrogen) atoms. The minimum Gasteiger partial charge on any atom is -0.276 e. The van der Waals surface area contributed by atoms with Gasteiger partial charge in [-0.05, 0) is 48.3 Å². The van der Waals surface area contributed by atoms with E-state index in [2.05, 4.69) is 26.8 Å². The van der Waals surface area contributed by atoms with E-state index in [0.29, 0.717) is 0 Å². The van der Waals surface area contributed by atoms with E-state index in [9.17, 15) is 4.79 Å². The Labute approximate surface area is 116 Å². The van der Waals surface area contributed by atoms with Crippen LogP contribution >= 0.6 is 11.6 Å². The predicted molar refractivity (Wildman–Crippen MR) is 78.7 cm³/mol. The Morgan fingerprint density at radius 3 is 2.67 bits per heavy atom. The van der Waals surface area contributed by atoms with Crippen molar-refractivity contribution < 1.29 is 4.79 Å². The van der Waals surface area contributed by atoms with Crippen molar-refractivity contribution in [2.24, 2.45) is 11.8 Å². The second kappa shape index (κ2) is 7.78. The van der Waals surface area contributed by atoms with Gasteiger partial charge in [0.25, 0.3) is 0 Å². The molecule has 1 aliphatic rings. The van der Waals surface area contributed by atoms with E-state index in [4.69, 9.17) is 11.6 Å². The second-order valence-corrected chi connectivity index (χ2v) is 6.33. The van der Waals surface area contributed by atoms with Crippen LogP contribution in [0.15, 0.2) is 23.3 Å². The van der Waals surface area contributed by atoms with Crippen molar-refractivity contribution in [2.75, 3.05) is 0 Å². The zero-order valence-electron chi connectivity index (χ0n) is 11.8. The van der Waals surface area contributed by atoms with Crippen molar-refractivity contribution in [3.05, 3.63) is 23.3 Å². The number of carbonyl (C=O) groups is 1. The van der Waals surface area contributed by atoms with E-state index in [0.717, 1.165) is 30.3 Å². The molecule has 1 rings (SSSR count). The maximum atomic E-state index is 10.8. The fraction of sp³-hybridized carbons (Fsp3) is 0.688. The Kier molecular flexibility index (Phi) is 6.70. The maximum absolute atomic E-state index is 10.8. The van der Waals surface area contributed by atoms with Crippen molar-refractivity contribution in [1.82, 2.24) is 0 Å². The zero-order valence-corrected chi connectivity index (χ0v) is 12.6. The average molecular weight is 269 g/mol. The summed E-state index contributed by atoms with van der Waals surface area (Å²) in [6.07, 6.45) is 10.9. The first-order chi connectivity index (χ1) is 8.47.